The van der Waals surface area contributed by atoms with Crippen LogP contribution in [0.1, 0.15) is 41.6 Å². The van der Waals surface area contributed by atoms with Gasteiger partial charge in [0.15, 0.2) is 0 Å². The number of hydrogen-bond donors (Lipinski definition) is 2. The van der Waals surface area contributed by atoms with Crippen LogP contribution < -0.4 is 0 Å². The van der Waals surface area contributed by atoms with Crippen molar-refractivity contribution in [3.8, 4) is 0 Å². The van der Waals surface area contributed by atoms with E-state index in [0.29, 0.717) is 40.6 Å². The molecule has 0 spiro atoms. The molecule has 8 heteroatoms. The van der Waals surface area contributed by atoms with E-state index in [1.165, 1.54) is 11.0 Å². The predicted octanol–water partition coefficient (Wildman–Crippen LogP) is 3.23. The molecule has 0 radical (unpaired) electrons. The van der Waals surface area contributed by atoms with Crippen LogP contribution in [0.5, 0.6) is 0 Å². The molecule has 0 bridgehead atoms. The van der Waals surface area contributed by atoms with Crippen molar-refractivity contribution in [3.05, 3.63) is 40.3 Å². The Balaban J connectivity index is 2.03. The highest BCUT2D eigenvalue weighted by Gasteiger charge is 2.31. The summed E-state index contributed by atoms with van der Waals surface area (Å²) in [5.74, 6) is -2.13. The van der Waals surface area contributed by atoms with Crippen LogP contribution in [0.3, 0.4) is 0 Å². The first-order valence-corrected chi connectivity index (χ1v) is 8.92. The summed E-state index contributed by atoms with van der Waals surface area (Å²) in [6, 6.07) is 6.46. The van der Waals surface area contributed by atoms with Gasteiger partial charge < -0.3 is 10.2 Å². The molecule has 0 aromatic heterocycles. The van der Waals surface area contributed by atoms with Crippen molar-refractivity contribution in [2.45, 2.75) is 25.7 Å². The number of benzene rings is 1. The summed E-state index contributed by atoms with van der Waals surface area (Å²) in [4.78, 5) is 36.1. The molecule has 1 saturated heterocycles. The summed E-state index contributed by atoms with van der Waals surface area (Å²) in [5.41, 5.74) is 0.582. The maximum atomic E-state index is 12.5. The number of carbonyl (C=O) groups is 3. The number of aliphatic carboxylic acids is 1. The van der Waals surface area contributed by atoms with E-state index in [0.717, 1.165) is 11.8 Å². The fraction of sp³-hybridized carbons (Fsp3) is 0.294. The lowest BCUT2D eigenvalue weighted by atomic mass is 10.1. The van der Waals surface area contributed by atoms with Crippen LogP contribution in [0.15, 0.2) is 29.2 Å². The molecule has 1 aliphatic rings. The summed E-state index contributed by atoms with van der Waals surface area (Å²) in [5, 5.41) is 17.8. The van der Waals surface area contributed by atoms with E-state index in [1.807, 2.05) is 0 Å². The van der Waals surface area contributed by atoms with Gasteiger partial charge in [0, 0.05) is 13.0 Å². The molecule has 1 aromatic carbocycles. The van der Waals surface area contributed by atoms with E-state index in [-0.39, 0.29) is 17.9 Å². The van der Waals surface area contributed by atoms with Gasteiger partial charge in [0.25, 0.3) is 5.91 Å². The highest BCUT2D eigenvalue weighted by Crippen LogP contribution is 2.33. The third-order valence-corrected chi connectivity index (χ3v) is 5.00. The minimum absolute atomic E-state index is 0.115. The zero-order valence-corrected chi connectivity index (χ0v) is 14.9. The van der Waals surface area contributed by atoms with E-state index < -0.39 is 11.9 Å². The second-order valence-electron chi connectivity index (χ2n) is 5.43. The third-order valence-electron chi connectivity index (χ3n) is 3.62. The van der Waals surface area contributed by atoms with Crippen molar-refractivity contribution in [1.29, 1.82) is 0 Å². The highest BCUT2D eigenvalue weighted by atomic mass is 32.2. The normalized spacial score (nSPS) is 15.8. The van der Waals surface area contributed by atoms with Gasteiger partial charge in [-0.1, -0.05) is 48.6 Å². The summed E-state index contributed by atoms with van der Waals surface area (Å²) >= 11 is 6.38. The molecule has 1 aliphatic heterocycles. The van der Waals surface area contributed by atoms with Crippen LogP contribution in [-0.4, -0.2) is 43.8 Å². The Labute approximate surface area is 154 Å². The van der Waals surface area contributed by atoms with E-state index in [4.69, 9.17) is 17.3 Å². The Kier molecular flexibility index (Phi) is 6.72. The van der Waals surface area contributed by atoms with Gasteiger partial charge in [-0.2, -0.15) is 0 Å². The standard InChI is InChI=1S/C17H17NO5S2/c19-14(20)8-2-1-5-9-18-15(21)13(25-17(18)24)10-11-6-3-4-7-12(11)16(22)23/h3-4,6-7,10H,1-2,5,8-9H2,(H,19,20)(H,22,23)/b13-10-. The molecule has 1 fully saturated rings. The van der Waals surface area contributed by atoms with Crippen molar-refractivity contribution in [2.24, 2.45) is 0 Å². The van der Waals surface area contributed by atoms with Crippen LogP contribution in [0.2, 0.25) is 0 Å². The van der Waals surface area contributed by atoms with Crippen molar-refractivity contribution in [2.75, 3.05) is 6.54 Å². The first-order valence-electron chi connectivity index (χ1n) is 7.69. The van der Waals surface area contributed by atoms with Gasteiger partial charge in [-0.25, -0.2) is 4.79 Å². The first kappa shape index (κ1) is 19.1. The molecule has 1 heterocycles. The number of aromatic carboxylic acids is 1. The molecule has 0 saturated carbocycles. The lowest BCUT2D eigenvalue weighted by molar-refractivity contribution is -0.137. The van der Waals surface area contributed by atoms with Crippen LogP contribution in [0.4, 0.5) is 0 Å². The summed E-state index contributed by atoms with van der Waals surface area (Å²) in [6.07, 6.45) is 3.59. The van der Waals surface area contributed by atoms with Crippen LogP contribution in [0.25, 0.3) is 6.08 Å². The van der Waals surface area contributed by atoms with Gasteiger partial charge >= 0.3 is 11.9 Å². The molecule has 0 atom stereocenters. The number of unbranched alkanes of at least 4 members (excludes halogenated alkanes) is 2. The Morgan fingerprint density at radius 3 is 2.56 bits per heavy atom. The Hall–Kier alpha value is -2.19. The number of thiocarbonyl (C=S) groups is 1. The molecule has 1 aromatic rings. The summed E-state index contributed by atoms with van der Waals surface area (Å²) in [7, 11) is 0. The minimum Gasteiger partial charge on any atom is -0.481 e. The fourth-order valence-electron chi connectivity index (χ4n) is 2.37. The number of rotatable bonds is 8. The molecule has 2 N–H and O–H groups in total. The molecular formula is C17H17NO5S2. The second-order valence-corrected chi connectivity index (χ2v) is 7.11. The topological polar surface area (TPSA) is 94.9 Å². The fourth-order valence-corrected chi connectivity index (χ4v) is 3.67. The summed E-state index contributed by atoms with van der Waals surface area (Å²) < 4.78 is 0.433. The Bertz CT molecular complexity index is 744. The largest absolute Gasteiger partial charge is 0.481 e. The number of carboxylic acids is 2. The maximum absolute atomic E-state index is 12.5. The first-order chi connectivity index (χ1) is 11.9. The molecule has 0 unspecified atom stereocenters. The number of thioether (sulfide) groups is 1. The smallest absolute Gasteiger partial charge is 0.336 e. The van der Waals surface area contributed by atoms with Crippen molar-refractivity contribution in [3.63, 3.8) is 0 Å². The van der Waals surface area contributed by atoms with Crippen molar-refractivity contribution in [1.82, 2.24) is 4.90 Å². The third kappa shape index (κ3) is 5.14. The van der Waals surface area contributed by atoms with Crippen molar-refractivity contribution < 1.29 is 24.6 Å². The van der Waals surface area contributed by atoms with Crippen LogP contribution >= 0.6 is 24.0 Å². The average Bonchev–Trinajstić information content (AvgIpc) is 2.81. The van der Waals surface area contributed by atoms with Gasteiger partial charge in [0.2, 0.25) is 0 Å². The quantitative estimate of drug-likeness (QED) is 0.407. The monoisotopic (exact) mass is 379 g/mol. The number of carboxylic acid groups (broad SMARTS) is 2. The van der Waals surface area contributed by atoms with Gasteiger partial charge in [0.1, 0.15) is 4.32 Å². The Morgan fingerprint density at radius 2 is 1.88 bits per heavy atom. The molecule has 132 valence electrons. The van der Waals surface area contributed by atoms with E-state index >= 15 is 0 Å². The number of hydrogen-bond acceptors (Lipinski definition) is 5. The highest BCUT2D eigenvalue weighted by molar-refractivity contribution is 8.26. The molecule has 1 amide bonds. The molecule has 25 heavy (non-hydrogen) atoms. The van der Waals surface area contributed by atoms with Gasteiger partial charge in [-0.05, 0) is 30.5 Å². The van der Waals surface area contributed by atoms with Gasteiger partial charge in [0.05, 0.1) is 10.5 Å². The lowest BCUT2D eigenvalue weighted by Crippen LogP contribution is -2.29. The second kappa shape index (κ2) is 8.77. The van der Waals surface area contributed by atoms with E-state index in [2.05, 4.69) is 0 Å². The number of nitrogens with zero attached hydrogens (tertiary/aromatic N) is 1. The zero-order valence-electron chi connectivity index (χ0n) is 13.3. The zero-order chi connectivity index (χ0) is 18.4. The molecule has 0 aliphatic carbocycles. The number of carbonyl (C=O) groups excluding carboxylic acids is 1. The minimum atomic E-state index is -1.05. The van der Waals surface area contributed by atoms with Gasteiger partial charge in [-0.3, -0.25) is 14.5 Å². The van der Waals surface area contributed by atoms with Gasteiger partial charge in [-0.15, -0.1) is 0 Å². The summed E-state index contributed by atoms with van der Waals surface area (Å²) in [6.45, 7) is 0.433. The maximum Gasteiger partial charge on any atom is 0.336 e. The van der Waals surface area contributed by atoms with E-state index in [1.54, 1.807) is 24.3 Å². The van der Waals surface area contributed by atoms with Crippen LogP contribution in [-0.2, 0) is 9.59 Å². The lowest BCUT2D eigenvalue weighted by Gasteiger charge is -2.13. The molecule has 2 rings (SSSR count). The van der Waals surface area contributed by atoms with E-state index in [9.17, 15) is 19.5 Å². The molecule has 6 nitrogen and oxygen atoms in total. The SMILES string of the molecule is O=C(O)CCCCCN1C(=O)/C(=C/c2ccccc2C(=O)O)SC1=S. The Morgan fingerprint density at radius 1 is 1.16 bits per heavy atom. The van der Waals surface area contributed by atoms with Crippen molar-refractivity contribution >= 4 is 52.2 Å². The predicted molar refractivity (Wildman–Crippen MR) is 99.4 cm³/mol. The number of amides is 1. The van der Waals surface area contributed by atoms with Crippen LogP contribution in [0, 0.1) is 0 Å². The average molecular weight is 379 g/mol. The molecular weight excluding hydrogens is 362 g/mol.